The lowest BCUT2D eigenvalue weighted by molar-refractivity contribution is -0.663. The molecule has 2 atom stereocenters. The SMILES string of the molecule is CCON=C(C(=O)NC1C(=O)N2C(C(=O)[O-])=C(C[n+]3cccc4oc(C)cc43)CS[C@@H]12)c1cnc(N)nc1. The maximum Gasteiger partial charge on any atom is 0.274 e. The van der Waals surface area contributed by atoms with Crippen LogP contribution in [0.5, 0.6) is 0 Å². The summed E-state index contributed by atoms with van der Waals surface area (Å²) in [5.74, 6) is -1.68. The highest BCUT2D eigenvalue weighted by Gasteiger charge is 2.53. The van der Waals surface area contributed by atoms with E-state index in [2.05, 4.69) is 20.4 Å². The van der Waals surface area contributed by atoms with Crippen LogP contribution in [0, 0.1) is 6.92 Å². The van der Waals surface area contributed by atoms with Crippen LogP contribution in [0.15, 0.2) is 57.6 Å². The van der Waals surface area contributed by atoms with Crippen LogP contribution in [-0.2, 0) is 25.8 Å². The van der Waals surface area contributed by atoms with Crippen LogP contribution in [0.4, 0.5) is 5.95 Å². The Kier molecular flexibility index (Phi) is 6.72. The van der Waals surface area contributed by atoms with Crippen LogP contribution in [0.2, 0.25) is 0 Å². The molecule has 3 aromatic rings. The number of carboxylic acid groups (broad SMARTS) is 1. The Morgan fingerprint density at radius 2 is 2.16 bits per heavy atom. The molecular formula is C24H23N7O6S. The van der Waals surface area contributed by atoms with Gasteiger partial charge in [-0.3, -0.25) is 14.5 Å². The first-order valence-electron chi connectivity index (χ1n) is 11.6. The highest BCUT2D eigenvalue weighted by Crippen LogP contribution is 2.40. The van der Waals surface area contributed by atoms with Gasteiger partial charge in [-0.1, -0.05) is 5.16 Å². The van der Waals surface area contributed by atoms with Crippen molar-refractivity contribution in [3.8, 4) is 0 Å². The Morgan fingerprint density at radius 1 is 1.39 bits per heavy atom. The van der Waals surface area contributed by atoms with Crippen LogP contribution in [0.1, 0.15) is 18.2 Å². The monoisotopic (exact) mass is 537 g/mol. The second kappa shape index (κ2) is 10.1. The number of carbonyl (C=O) groups excluding carboxylic acids is 3. The number of thioether (sulfide) groups is 1. The lowest BCUT2D eigenvalue weighted by Crippen LogP contribution is -2.71. The van der Waals surface area contributed by atoms with Gasteiger partial charge in [-0.25, -0.2) is 9.97 Å². The molecule has 3 aromatic heterocycles. The molecule has 0 spiro atoms. The highest BCUT2D eigenvalue weighted by molar-refractivity contribution is 8.00. The zero-order valence-corrected chi connectivity index (χ0v) is 21.2. The molecule has 1 fully saturated rings. The predicted octanol–water partition coefficient (Wildman–Crippen LogP) is -0.754. The Labute approximate surface area is 220 Å². The Morgan fingerprint density at radius 3 is 2.87 bits per heavy atom. The van der Waals surface area contributed by atoms with Gasteiger partial charge in [0.05, 0.1) is 17.7 Å². The number of nitrogen functional groups attached to an aromatic ring is 1. The molecule has 2 aliphatic heterocycles. The van der Waals surface area contributed by atoms with Crippen molar-refractivity contribution in [3.63, 3.8) is 0 Å². The van der Waals surface area contributed by atoms with Gasteiger partial charge in [0.25, 0.3) is 17.3 Å². The summed E-state index contributed by atoms with van der Waals surface area (Å²) in [7, 11) is 0. The molecule has 2 amide bonds. The molecular weight excluding hydrogens is 514 g/mol. The summed E-state index contributed by atoms with van der Waals surface area (Å²) in [5.41, 5.74) is 7.41. The van der Waals surface area contributed by atoms with Crippen molar-refractivity contribution in [3.05, 3.63) is 59.4 Å². The number of β-lactam (4-membered cyclic amide) rings is 1. The highest BCUT2D eigenvalue weighted by atomic mass is 32.2. The molecule has 5 rings (SSSR count). The number of rotatable bonds is 8. The minimum absolute atomic E-state index is 0.0167. The first kappa shape index (κ1) is 25.2. The molecule has 196 valence electrons. The summed E-state index contributed by atoms with van der Waals surface area (Å²) < 4.78 is 7.52. The molecule has 0 saturated carbocycles. The third-order valence-electron chi connectivity index (χ3n) is 6.02. The number of carboxylic acids is 1. The minimum atomic E-state index is -1.46. The third-order valence-corrected chi connectivity index (χ3v) is 7.36. The van der Waals surface area contributed by atoms with Gasteiger partial charge in [-0.15, -0.1) is 11.8 Å². The molecule has 0 radical (unpaired) electrons. The Balaban J connectivity index is 1.38. The molecule has 1 unspecified atom stereocenters. The van der Waals surface area contributed by atoms with E-state index in [4.69, 9.17) is 15.0 Å². The van der Waals surface area contributed by atoms with Gasteiger partial charge in [0.1, 0.15) is 23.8 Å². The predicted molar refractivity (Wildman–Crippen MR) is 133 cm³/mol. The van der Waals surface area contributed by atoms with Gasteiger partial charge in [0.2, 0.25) is 5.95 Å². The smallest absolute Gasteiger partial charge is 0.274 e. The van der Waals surface area contributed by atoms with Crippen molar-refractivity contribution in [2.75, 3.05) is 18.1 Å². The fourth-order valence-electron chi connectivity index (χ4n) is 4.34. The summed E-state index contributed by atoms with van der Waals surface area (Å²) in [6.07, 6.45) is 4.44. The van der Waals surface area contributed by atoms with E-state index >= 15 is 0 Å². The largest absolute Gasteiger partial charge is 0.543 e. The van der Waals surface area contributed by atoms with Crippen molar-refractivity contribution in [2.45, 2.75) is 31.8 Å². The summed E-state index contributed by atoms with van der Waals surface area (Å²) in [6, 6.07) is 4.51. The van der Waals surface area contributed by atoms with Crippen molar-refractivity contribution < 1.29 is 33.3 Å². The fourth-order valence-corrected chi connectivity index (χ4v) is 5.67. The first-order chi connectivity index (χ1) is 18.3. The van der Waals surface area contributed by atoms with Crippen molar-refractivity contribution in [1.82, 2.24) is 20.2 Å². The second-order valence-corrected chi connectivity index (χ2v) is 9.64. The number of nitrogens with zero attached hydrogens (tertiary/aromatic N) is 5. The molecule has 38 heavy (non-hydrogen) atoms. The number of nitrogens with one attached hydrogen (secondary N) is 1. The maximum atomic E-state index is 13.1. The maximum absolute atomic E-state index is 13.1. The van der Waals surface area contributed by atoms with Gasteiger partial charge in [0.15, 0.2) is 24.0 Å². The van der Waals surface area contributed by atoms with Gasteiger partial charge >= 0.3 is 0 Å². The fraction of sp³-hybridized carbons (Fsp3) is 0.292. The number of pyridine rings is 1. The Bertz CT molecular complexity index is 1500. The summed E-state index contributed by atoms with van der Waals surface area (Å²) in [4.78, 5) is 52.3. The van der Waals surface area contributed by atoms with Crippen LogP contribution in [0.25, 0.3) is 11.1 Å². The molecule has 0 aliphatic carbocycles. The van der Waals surface area contributed by atoms with Crippen LogP contribution >= 0.6 is 11.8 Å². The van der Waals surface area contributed by atoms with Crippen molar-refractivity contribution >= 4 is 52.3 Å². The number of carbonyl (C=O) groups is 3. The van der Waals surface area contributed by atoms with Gasteiger partial charge < -0.3 is 30.2 Å². The lowest BCUT2D eigenvalue weighted by Gasteiger charge is -2.50. The normalized spacial score (nSPS) is 19.3. The summed E-state index contributed by atoms with van der Waals surface area (Å²) in [5, 5.41) is 18.0. The van der Waals surface area contributed by atoms with Crippen molar-refractivity contribution in [1.29, 1.82) is 0 Å². The van der Waals surface area contributed by atoms with Crippen LogP contribution in [0.3, 0.4) is 0 Å². The number of nitrogens with two attached hydrogens (primary N) is 1. The number of anilines is 1. The second-order valence-electron chi connectivity index (χ2n) is 8.53. The summed E-state index contributed by atoms with van der Waals surface area (Å²) in [6.45, 7) is 3.95. The molecule has 5 heterocycles. The zero-order valence-electron chi connectivity index (χ0n) is 20.4. The van der Waals surface area contributed by atoms with E-state index in [1.54, 1.807) is 13.0 Å². The number of aliphatic carboxylic acids is 1. The Hall–Kier alpha value is -4.46. The molecule has 0 aromatic carbocycles. The molecule has 0 bridgehead atoms. The average Bonchev–Trinajstić information content (AvgIpc) is 3.29. The molecule has 14 heteroatoms. The number of fused-ring (bicyclic) bond motifs is 2. The van der Waals surface area contributed by atoms with Crippen LogP contribution in [-0.4, -0.2) is 62.1 Å². The standard InChI is InChI=1S/C24H23N7O6S/c1-3-36-29-17(13-8-26-24(25)27-9-13)20(32)28-18-21(33)31-19(23(34)35)14(11-38-22(18)31)10-30-6-4-5-16-15(30)7-12(2)37-16/h4-9,18,22H,3,10-11H2,1-2H3,(H3-,25,26,27,28,29,32,34,35)/t18?,22-/m0/s1. The lowest BCUT2D eigenvalue weighted by atomic mass is 10.0. The number of hydrogen-bond donors (Lipinski definition) is 2. The first-order valence-corrected chi connectivity index (χ1v) is 12.7. The van der Waals surface area contributed by atoms with Crippen LogP contribution < -0.4 is 20.7 Å². The minimum Gasteiger partial charge on any atom is -0.543 e. The number of aryl methyl sites for hydroxylation is 1. The van der Waals surface area contributed by atoms with Gasteiger partial charge in [0, 0.05) is 35.3 Å². The quantitative estimate of drug-likeness (QED) is 0.161. The number of oxime groups is 1. The number of furan rings is 1. The van der Waals surface area contributed by atoms with E-state index < -0.39 is 29.2 Å². The van der Waals surface area contributed by atoms with Crippen molar-refractivity contribution in [2.24, 2.45) is 5.16 Å². The van der Waals surface area contributed by atoms with Gasteiger partial charge in [-0.05, 0) is 19.9 Å². The van der Waals surface area contributed by atoms with E-state index in [-0.39, 0.29) is 36.1 Å². The summed E-state index contributed by atoms with van der Waals surface area (Å²) >= 11 is 1.35. The molecule has 3 N–H and O–H groups in total. The number of amides is 2. The zero-order chi connectivity index (χ0) is 27.0. The molecule has 2 aliphatic rings. The number of aromatic nitrogens is 3. The third kappa shape index (κ3) is 4.53. The van der Waals surface area contributed by atoms with E-state index in [1.165, 1.54) is 24.2 Å². The van der Waals surface area contributed by atoms with E-state index in [9.17, 15) is 19.5 Å². The number of hydrogen-bond acceptors (Lipinski definition) is 11. The molecule has 13 nitrogen and oxygen atoms in total. The average molecular weight is 538 g/mol. The van der Waals surface area contributed by atoms with E-state index in [0.29, 0.717) is 16.9 Å². The van der Waals surface area contributed by atoms with Gasteiger partial charge in [-0.2, -0.15) is 4.57 Å². The topological polar surface area (TPSA) is 180 Å². The van der Waals surface area contributed by atoms with E-state index in [0.717, 1.165) is 16.2 Å². The van der Waals surface area contributed by atoms with E-state index in [1.807, 2.05) is 29.8 Å². The molecule has 1 saturated heterocycles.